The molecule has 1 amide bonds. The van der Waals surface area contributed by atoms with Gasteiger partial charge in [0.05, 0.1) is 18.4 Å². The number of nitrogen functional groups attached to an aromatic ring is 1. The van der Waals surface area contributed by atoms with Gasteiger partial charge in [0.25, 0.3) is 5.91 Å². The minimum Gasteiger partial charge on any atom is -0.495 e. The van der Waals surface area contributed by atoms with Gasteiger partial charge in [-0.1, -0.05) is 6.07 Å². The number of para-hydroxylation sites is 1. The smallest absolute Gasteiger partial charge is 0.253 e. The maximum absolute atomic E-state index is 12.1. The first kappa shape index (κ1) is 13.7. The van der Waals surface area contributed by atoms with Crippen LogP contribution in [-0.4, -0.2) is 32.8 Å². The van der Waals surface area contributed by atoms with E-state index in [9.17, 15) is 4.79 Å². The number of carbonyl (C=O) groups is 1. The molecule has 0 unspecified atom stereocenters. The first-order valence-electron chi connectivity index (χ1n) is 6.50. The van der Waals surface area contributed by atoms with Crippen molar-refractivity contribution in [2.75, 3.05) is 32.6 Å². The summed E-state index contributed by atoms with van der Waals surface area (Å²) in [6.45, 7) is 2.22. The highest BCUT2D eigenvalue weighted by Crippen LogP contribution is 2.24. The lowest BCUT2D eigenvalue weighted by Crippen LogP contribution is -2.32. The molecule has 0 saturated carbocycles. The second-order valence-corrected chi connectivity index (χ2v) is 4.69. The average molecular weight is 264 g/mol. The van der Waals surface area contributed by atoms with Crippen molar-refractivity contribution in [3.8, 4) is 5.75 Å². The molecule has 0 aliphatic carbocycles. The zero-order valence-electron chi connectivity index (χ0n) is 11.1. The van der Waals surface area contributed by atoms with Crippen molar-refractivity contribution in [1.29, 1.82) is 0 Å². The Bertz CT molecular complexity index is 442. The van der Waals surface area contributed by atoms with E-state index in [2.05, 4.69) is 5.32 Å². The van der Waals surface area contributed by atoms with Crippen LogP contribution in [-0.2, 0) is 4.74 Å². The number of hydrogen-bond acceptors (Lipinski definition) is 4. The highest BCUT2D eigenvalue weighted by atomic mass is 16.5. The van der Waals surface area contributed by atoms with Crippen molar-refractivity contribution in [3.63, 3.8) is 0 Å². The number of nitrogens with one attached hydrogen (secondary N) is 1. The van der Waals surface area contributed by atoms with Crippen molar-refractivity contribution in [1.82, 2.24) is 5.32 Å². The summed E-state index contributed by atoms with van der Waals surface area (Å²) >= 11 is 0. The molecule has 1 saturated heterocycles. The fraction of sp³-hybridized carbons (Fsp3) is 0.500. The van der Waals surface area contributed by atoms with Gasteiger partial charge in [0.15, 0.2) is 0 Å². The molecule has 0 aromatic heterocycles. The van der Waals surface area contributed by atoms with Crippen LogP contribution >= 0.6 is 0 Å². The molecule has 1 aromatic rings. The van der Waals surface area contributed by atoms with Crippen LogP contribution in [0.4, 0.5) is 5.69 Å². The van der Waals surface area contributed by atoms with Gasteiger partial charge in [-0.2, -0.15) is 0 Å². The zero-order valence-corrected chi connectivity index (χ0v) is 11.1. The Morgan fingerprint density at radius 2 is 2.21 bits per heavy atom. The highest BCUT2D eigenvalue weighted by Gasteiger charge is 2.17. The van der Waals surface area contributed by atoms with Gasteiger partial charge in [-0.15, -0.1) is 0 Å². The molecular weight excluding hydrogens is 244 g/mol. The van der Waals surface area contributed by atoms with Gasteiger partial charge in [-0.05, 0) is 30.9 Å². The van der Waals surface area contributed by atoms with Gasteiger partial charge >= 0.3 is 0 Å². The fourth-order valence-corrected chi connectivity index (χ4v) is 2.20. The summed E-state index contributed by atoms with van der Waals surface area (Å²) in [6, 6.07) is 5.21. The third kappa shape index (κ3) is 3.38. The molecular formula is C14H20N2O3. The van der Waals surface area contributed by atoms with E-state index in [1.54, 1.807) is 18.2 Å². The predicted molar refractivity (Wildman–Crippen MR) is 73.3 cm³/mol. The summed E-state index contributed by atoms with van der Waals surface area (Å²) < 4.78 is 10.4. The summed E-state index contributed by atoms with van der Waals surface area (Å²) in [7, 11) is 1.54. The quantitative estimate of drug-likeness (QED) is 0.807. The lowest BCUT2D eigenvalue weighted by Gasteiger charge is -2.22. The second kappa shape index (κ2) is 6.43. The standard InChI is InChI=1S/C14H20N2O3/c1-18-12-4-2-3-11(13(12)15)14(17)16-9-10-5-7-19-8-6-10/h2-4,10H,5-9,15H2,1H3,(H,16,17). The van der Waals surface area contributed by atoms with Gasteiger partial charge in [-0.25, -0.2) is 0 Å². The van der Waals surface area contributed by atoms with Crippen LogP contribution in [0.3, 0.4) is 0 Å². The summed E-state index contributed by atoms with van der Waals surface area (Å²) in [5, 5.41) is 2.93. The topological polar surface area (TPSA) is 73.6 Å². The predicted octanol–water partition coefficient (Wildman–Crippen LogP) is 1.43. The number of amides is 1. The number of ether oxygens (including phenoxy) is 2. The molecule has 1 heterocycles. The SMILES string of the molecule is COc1cccc(C(=O)NCC2CCOCC2)c1N. The molecule has 1 aromatic carbocycles. The summed E-state index contributed by atoms with van der Waals surface area (Å²) in [5.41, 5.74) is 6.75. The summed E-state index contributed by atoms with van der Waals surface area (Å²) in [4.78, 5) is 12.1. The number of carbonyl (C=O) groups excluding carboxylic acids is 1. The molecule has 1 fully saturated rings. The van der Waals surface area contributed by atoms with Crippen LogP contribution < -0.4 is 15.8 Å². The van der Waals surface area contributed by atoms with Gasteiger partial charge < -0.3 is 20.5 Å². The Morgan fingerprint density at radius 3 is 2.89 bits per heavy atom. The lowest BCUT2D eigenvalue weighted by atomic mass is 10.0. The molecule has 3 N–H and O–H groups in total. The van der Waals surface area contributed by atoms with E-state index in [0.717, 1.165) is 26.1 Å². The fourth-order valence-electron chi connectivity index (χ4n) is 2.20. The van der Waals surface area contributed by atoms with E-state index in [0.29, 0.717) is 29.5 Å². The van der Waals surface area contributed by atoms with Crippen molar-refractivity contribution < 1.29 is 14.3 Å². The minimum absolute atomic E-state index is 0.150. The van der Waals surface area contributed by atoms with Crippen molar-refractivity contribution in [3.05, 3.63) is 23.8 Å². The van der Waals surface area contributed by atoms with E-state index in [1.165, 1.54) is 7.11 Å². The third-order valence-corrected chi connectivity index (χ3v) is 3.42. The van der Waals surface area contributed by atoms with Crippen molar-refractivity contribution in [2.24, 2.45) is 5.92 Å². The van der Waals surface area contributed by atoms with Crippen LogP contribution in [0.2, 0.25) is 0 Å². The average Bonchev–Trinajstić information content (AvgIpc) is 2.46. The van der Waals surface area contributed by atoms with Crippen molar-refractivity contribution in [2.45, 2.75) is 12.8 Å². The number of benzene rings is 1. The van der Waals surface area contributed by atoms with E-state index >= 15 is 0 Å². The Hall–Kier alpha value is -1.75. The van der Waals surface area contributed by atoms with E-state index in [4.69, 9.17) is 15.2 Å². The van der Waals surface area contributed by atoms with Gasteiger partial charge in [-0.3, -0.25) is 4.79 Å². The first-order valence-corrected chi connectivity index (χ1v) is 6.50. The van der Waals surface area contributed by atoms with Crippen LogP contribution in [0.15, 0.2) is 18.2 Å². The molecule has 0 radical (unpaired) electrons. The Morgan fingerprint density at radius 1 is 1.47 bits per heavy atom. The number of rotatable bonds is 4. The Kier molecular flexibility index (Phi) is 4.63. The summed E-state index contributed by atoms with van der Waals surface area (Å²) in [5.74, 6) is 0.867. The van der Waals surface area contributed by atoms with Gasteiger partial charge in [0, 0.05) is 19.8 Å². The molecule has 19 heavy (non-hydrogen) atoms. The van der Waals surface area contributed by atoms with Crippen LogP contribution in [0.5, 0.6) is 5.75 Å². The van der Waals surface area contributed by atoms with Crippen LogP contribution in [0, 0.1) is 5.92 Å². The highest BCUT2D eigenvalue weighted by molar-refractivity contribution is 6.00. The maximum atomic E-state index is 12.1. The number of nitrogens with two attached hydrogens (primary N) is 1. The van der Waals surface area contributed by atoms with E-state index < -0.39 is 0 Å². The van der Waals surface area contributed by atoms with Crippen LogP contribution in [0.25, 0.3) is 0 Å². The summed E-state index contributed by atoms with van der Waals surface area (Å²) in [6.07, 6.45) is 1.99. The van der Waals surface area contributed by atoms with Crippen LogP contribution in [0.1, 0.15) is 23.2 Å². The molecule has 5 heteroatoms. The monoisotopic (exact) mass is 264 g/mol. The van der Waals surface area contributed by atoms with E-state index in [1.807, 2.05) is 0 Å². The van der Waals surface area contributed by atoms with Gasteiger partial charge in [0.2, 0.25) is 0 Å². The maximum Gasteiger partial charge on any atom is 0.253 e. The molecule has 2 rings (SSSR count). The van der Waals surface area contributed by atoms with E-state index in [-0.39, 0.29) is 5.91 Å². The lowest BCUT2D eigenvalue weighted by molar-refractivity contribution is 0.0643. The Balaban J connectivity index is 1.95. The minimum atomic E-state index is -0.150. The number of anilines is 1. The molecule has 1 aliphatic heterocycles. The second-order valence-electron chi connectivity index (χ2n) is 4.69. The van der Waals surface area contributed by atoms with Gasteiger partial charge in [0.1, 0.15) is 5.75 Å². The molecule has 0 spiro atoms. The molecule has 5 nitrogen and oxygen atoms in total. The molecule has 104 valence electrons. The zero-order chi connectivity index (χ0) is 13.7. The number of methoxy groups -OCH3 is 1. The Labute approximate surface area is 113 Å². The van der Waals surface area contributed by atoms with Crippen molar-refractivity contribution >= 4 is 11.6 Å². The molecule has 0 atom stereocenters. The first-order chi connectivity index (χ1) is 9.22. The molecule has 0 bridgehead atoms. The third-order valence-electron chi connectivity index (χ3n) is 3.42. The largest absolute Gasteiger partial charge is 0.495 e. The number of hydrogen-bond donors (Lipinski definition) is 2. The normalized spacial score (nSPS) is 16.1. The molecule has 1 aliphatic rings.